The fourth-order valence-electron chi connectivity index (χ4n) is 1.65. The Labute approximate surface area is 90.9 Å². The van der Waals surface area contributed by atoms with Crippen molar-refractivity contribution < 1.29 is 4.79 Å². The molecule has 3 nitrogen and oxygen atoms in total. The van der Waals surface area contributed by atoms with E-state index in [1.165, 1.54) is 11.1 Å². The third-order valence-corrected chi connectivity index (χ3v) is 2.40. The van der Waals surface area contributed by atoms with Crippen molar-refractivity contribution in [3.63, 3.8) is 0 Å². The number of anilines is 1. The smallest absolute Gasteiger partial charge is 0.165 e. The maximum atomic E-state index is 11.2. The molecular formula is C12H18N2O. The highest BCUT2D eigenvalue weighted by atomic mass is 16.1. The SMILES string of the molecule is Cc1ccc(N(C)CC(=O)CN)c(C)c1. The van der Waals surface area contributed by atoms with Crippen molar-refractivity contribution in [3.05, 3.63) is 29.3 Å². The zero-order valence-corrected chi connectivity index (χ0v) is 9.58. The fraction of sp³-hybridized carbons (Fsp3) is 0.417. The van der Waals surface area contributed by atoms with Crippen LogP contribution in [0.4, 0.5) is 5.69 Å². The van der Waals surface area contributed by atoms with Crippen LogP contribution in [0.15, 0.2) is 18.2 Å². The molecule has 0 bridgehead atoms. The molecule has 0 fully saturated rings. The van der Waals surface area contributed by atoms with Gasteiger partial charge in [0.25, 0.3) is 0 Å². The summed E-state index contributed by atoms with van der Waals surface area (Å²) in [6.45, 7) is 4.59. The third-order valence-electron chi connectivity index (χ3n) is 2.40. The molecule has 0 atom stereocenters. The number of carbonyl (C=O) groups is 1. The van der Waals surface area contributed by atoms with Crippen molar-refractivity contribution in [2.75, 3.05) is 25.0 Å². The average Bonchev–Trinajstić information content (AvgIpc) is 2.17. The minimum absolute atomic E-state index is 0.0532. The summed E-state index contributed by atoms with van der Waals surface area (Å²) in [5.41, 5.74) is 8.78. The van der Waals surface area contributed by atoms with Crippen LogP contribution in [0, 0.1) is 13.8 Å². The topological polar surface area (TPSA) is 46.3 Å². The van der Waals surface area contributed by atoms with Gasteiger partial charge in [-0.25, -0.2) is 0 Å². The van der Waals surface area contributed by atoms with Gasteiger partial charge in [0, 0.05) is 12.7 Å². The molecule has 0 aliphatic heterocycles. The average molecular weight is 206 g/mol. The predicted octanol–water partition coefficient (Wildman–Crippen LogP) is 1.27. The molecule has 0 radical (unpaired) electrons. The van der Waals surface area contributed by atoms with E-state index in [-0.39, 0.29) is 12.3 Å². The van der Waals surface area contributed by atoms with Crippen LogP contribution >= 0.6 is 0 Å². The summed E-state index contributed by atoms with van der Waals surface area (Å²) in [5.74, 6) is 0.0532. The molecule has 0 unspecified atom stereocenters. The monoisotopic (exact) mass is 206 g/mol. The maximum absolute atomic E-state index is 11.2. The molecule has 0 spiro atoms. The molecule has 0 aliphatic carbocycles. The second-order valence-electron chi connectivity index (χ2n) is 3.89. The summed E-state index contributed by atoms with van der Waals surface area (Å²) in [6.07, 6.45) is 0. The maximum Gasteiger partial charge on any atom is 0.165 e. The lowest BCUT2D eigenvalue weighted by atomic mass is 10.1. The number of benzene rings is 1. The number of hydrogen-bond donors (Lipinski definition) is 1. The summed E-state index contributed by atoms with van der Waals surface area (Å²) < 4.78 is 0. The van der Waals surface area contributed by atoms with Gasteiger partial charge in [0.2, 0.25) is 0 Å². The molecule has 0 saturated carbocycles. The lowest BCUT2D eigenvalue weighted by Gasteiger charge is -2.20. The first-order chi connectivity index (χ1) is 7.04. The Morgan fingerprint density at radius 1 is 1.40 bits per heavy atom. The van der Waals surface area contributed by atoms with Crippen molar-refractivity contribution in [3.8, 4) is 0 Å². The molecule has 0 aromatic heterocycles. The number of nitrogens with zero attached hydrogens (tertiary/aromatic N) is 1. The van der Waals surface area contributed by atoms with Gasteiger partial charge in [-0.15, -0.1) is 0 Å². The van der Waals surface area contributed by atoms with Crippen LogP contribution in [0.25, 0.3) is 0 Å². The van der Waals surface area contributed by atoms with Crippen LogP contribution in [0.5, 0.6) is 0 Å². The van der Waals surface area contributed by atoms with E-state index < -0.39 is 0 Å². The molecule has 2 N–H and O–H groups in total. The first kappa shape index (κ1) is 11.7. The van der Waals surface area contributed by atoms with Gasteiger partial charge in [0.1, 0.15) is 0 Å². The summed E-state index contributed by atoms with van der Waals surface area (Å²) >= 11 is 0. The molecule has 1 rings (SSSR count). The zero-order valence-electron chi connectivity index (χ0n) is 9.58. The predicted molar refractivity (Wildman–Crippen MR) is 63.2 cm³/mol. The number of Topliss-reactive ketones (excluding diaryl/α,β-unsaturated/α-hetero) is 1. The first-order valence-electron chi connectivity index (χ1n) is 5.04. The summed E-state index contributed by atoms with van der Waals surface area (Å²) in [7, 11) is 1.91. The lowest BCUT2D eigenvalue weighted by molar-refractivity contribution is -0.116. The Balaban J connectivity index is 2.82. The van der Waals surface area contributed by atoms with Crippen molar-refractivity contribution in [1.82, 2.24) is 0 Å². The Kier molecular flexibility index (Phi) is 3.86. The van der Waals surface area contributed by atoms with Gasteiger partial charge < -0.3 is 10.6 Å². The van der Waals surface area contributed by atoms with E-state index in [0.717, 1.165) is 5.69 Å². The largest absolute Gasteiger partial charge is 0.367 e. The highest BCUT2D eigenvalue weighted by Crippen LogP contribution is 2.19. The molecule has 0 aliphatic rings. The van der Waals surface area contributed by atoms with Crippen LogP contribution in [-0.4, -0.2) is 25.9 Å². The molecule has 1 aromatic rings. The van der Waals surface area contributed by atoms with Crippen molar-refractivity contribution >= 4 is 11.5 Å². The number of ketones is 1. The van der Waals surface area contributed by atoms with E-state index in [0.29, 0.717) is 6.54 Å². The molecule has 0 saturated heterocycles. The number of likely N-dealkylation sites (N-methyl/N-ethyl adjacent to an activating group) is 1. The highest BCUT2D eigenvalue weighted by molar-refractivity contribution is 5.85. The van der Waals surface area contributed by atoms with Gasteiger partial charge >= 0.3 is 0 Å². The van der Waals surface area contributed by atoms with Gasteiger partial charge in [-0.05, 0) is 25.5 Å². The van der Waals surface area contributed by atoms with E-state index in [1.54, 1.807) is 0 Å². The van der Waals surface area contributed by atoms with Gasteiger partial charge in [-0.2, -0.15) is 0 Å². The van der Waals surface area contributed by atoms with Crippen molar-refractivity contribution in [2.45, 2.75) is 13.8 Å². The van der Waals surface area contributed by atoms with Crippen LogP contribution in [0.1, 0.15) is 11.1 Å². The Morgan fingerprint density at radius 3 is 2.60 bits per heavy atom. The molecule has 3 heteroatoms. The van der Waals surface area contributed by atoms with E-state index in [9.17, 15) is 4.79 Å². The summed E-state index contributed by atoms with van der Waals surface area (Å²) in [4.78, 5) is 13.1. The minimum atomic E-state index is 0.0532. The third kappa shape index (κ3) is 3.06. The molecule has 82 valence electrons. The first-order valence-corrected chi connectivity index (χ1v) is 5.04. The van der Waals surface area contributed by atoms with Crippen molar-refractivity contribution in [2.24, 2.45) is 5.73 Å². The molecular weight excluding hydrogens is 188 g/mol. The van der Waals surface area contributed by atoms with Gasteiger partial charge in [-0.1, -0.05) is 17.7 Å². The van der Waals surface area contributed by atoms with Crippen LogP contribution in [-0.2, 0) is 4.79 Å². The summed E-state index contributed by atoms with van der Waals surface area (Å²) in [5, 5.41) is 0. The second kappa shape index (κ2) is 4.94. The van der Waals surface area contributed by atoms with Gasteiger partial charge in [-0.3, -0.25) is 4.79 Å². The molecule has 0 amide bonds. The van der Waals surface area contributed by atoms with E-state index in [1.807, 2.05) is 31.0 Å². The number of aryl methyl sites for hydroxylation is 2. The Morgan fingerprint density at radius 2 is 2.07 bits per heavy atom. The summed E-state index contributed by atoms with van der Waals surface area (Å²) in [6, 6.07) is 6.19. The number of hydrogen-bond acceptors (Lipinski definition) is 3. The molecule has 1 aromatic carbocycles. The van der Waals surface area contributed by atoms with E-state index >= 15 is 0 Å². The van der Waals surface area contributed by atoms with E-state index in [2.05, 4.69) is 13.0 Å². The standard InChI is InChI=1S/C12H18N2O/c1-9-4-5-12(10(2)6-9)14(3)8-11(15)7-13/h4-6H,7-8,13H2,1-3H3. The second-order valence-corrected chi connectivity index (χ2v) is 3.89. The lowest BCUT2D eigenvalue weighted by Crippen LogP contribution is -2.30. The highest BCUT2D eigenvalue weighted by Gasteiger charge is 2.07. The number of carbonyl (C=O) groups excluding carboxylic acids is 1. The normalized spacial score (nSPS) is 10.1. The Hall–Kier alpha value is -1.35. The minimum Gasteiger partial charge on any atom is -0.367 e. The van der Waals surface area contributed by atoms with Gasteiger partial charge in [0.05, 0.1) is 13.1 Å². The number of rotatable bonds is 4. The van der Waals surface area contributed by atoms with Gasteiger partial charge in [0.15, 0.2) is 5.78 Å². The Bertz CT molecular complexity index is 361. The van der Waals surface area contributed by atoms with E-state index in [4.69, 9.17) is 5.73 Å². The quantitative estimate of drug-likeness (QED) is 0.807. The van der Waals surface area contributed by atoms with Crippen LogP contribution in [0.2, 0.25) is 0 Å². The molecule has 15 heavy (non-hydrogen) atoms. The van der Waals surface area contributed by atoms with Crippen LogP contribution < -0.4 is 10.6 Å². The molecule has 0 heterocycles. The zero-order chi connectivity index (χ0) is 11.4. The fourth-order valence-corrected chi connectivity index (χ4v) is 1.65. The number of nitrogens with two attached hydrogens (primary N) is 1. The van der Waals surface area contributed by atoms with Crippen LogP contribution in [0.3, 0.4) is 0 Å². The van der Waals surface area contributed by atoms with Crippen molar-refractivity contribution in [1.29, 1.82) is 0 Å².